The van der Waals surface area contributed by atoms with E-state index in [1.807, 2.05) is 0 Å². The first-order chi connectivity index (χ1) is 9.69. The lowest BCUT2D eigenvalue weighted by Crippen LogP contribution is -2.56. The van der Waals surface area contributed by atoms with E-state index in [2.05, 4.69) is 10.6 Å². The van der Waals surface area contributed by atoms with Gasteiger partial charge < -0.3 is 25.4 Å². The van der Waals surface area contributed by atoms with Crippen LogP contribution in [-0.4, -0.2) is 65.8 Å². The van der Waals surface area contributed by atoms with Crippen LogP contribution >= 0.6 is 0 Å². The van der Waals surface area contributed by atoms with Gasteiger partial charge in [-0.25, -0.2) is 4.79 Å². The molecule has 1 saturated heterocycles. The summed E-state index contributed by atoms with van der Waals surface area (Å²) in [6.07, 6.45) is -0.151. The number of carboxylic acid groups (broad SMARTS) is 1. The molecule has 1 aliphatic heterocycles. The van der Waals surface area contributed by atoms with E-state index in [1.54, 1.807) is 20.8 Å². The smallest absolute Gasteiger partial charge is 0.407 e. The molecule has 0 radical (unpaired) electrons. The molecule has 0 aromatic rings. The van der Waals surface area contributed by atoms with Gasteiger partial charge in [0, 0.05) is 19.6 Å². The number of amides is 2. The number of hydrogen-bond donors (Lipinski definition) is 3. The SMILES string of the molecule is CC(C)(C)OC(=O)NCC[C@@H]1NCCN(CC(=O)O)C1=O. The summed E-state index contributed by atoms with van der Waals surface area (Å²) in [5.41, 5.74) is -0.568. The Balaban J connectivity index is 2.36. The second-order valence-corrected chi connectivity index (χ2v) is 5.88. The average molecular weight is 301 g/mol. The predicted molar refractivity (Wildman–Crippen MR) is 74.9 cm³/mol. The summed E-state index contributed by atoms with van der Waals surface area (Å²) in [7, 11) is 0. The fourth-order valence-electron chi connectivity index (χ4n) is 1.97. The van der Waals surface area contributed by atoms with E-state index in [0.717, 1.165) is 0 Å². The third-order valence-corrected chi connectivity index (χ3v) is 2.81. The molecule has 8 nitrogen and oxygen atoms in total. The molecule has 1 fully saturated rings. The molecule has 0 aromatic carbocycles. The zero-order chi connectivity index (χ0) is 16.0. The van der Waals surface area contributed by atoms with E-state index < -0.39 is 23.7 Å². The normalized spacial score (nSPS) is 19.3. The number of carbonyl (C=O) groups excluding carboxylic acids is 2. The number of rotatable bonds is 5. The second kappa shape index (κ2) is 7.26. The number of nitrogens with zero attached hydrogens (tertiary/aromatic N) is 1. The third kappa shape index (κ3) is 6.44. The van der Waals surface area contributed by atoms with Gasteiger partial charge in [-0.05, 0) is 27.2 Å². The van der Waals surface area contributed by atoms with Crippen LogP contribution in [0.2, 0.25) is 0 Å². The molecule has 1 rings (SSSR count). The minimum absolute atomic E-state index is 0.255. The Kier molecular flexibility index (Phi) is 5.95. The van der Waals surface area contributed by atoms with Crippen LogP contribution in [0.15, 0.2) is 0 Å². The van der Waals surface area contributed by atoms with Crippen molar-refractivity contribution >= 4 is 18.0 Å². The van der Waals surface area contributed by atoms with Gasteiger partial charge in [-0.2, -0.15) is 0 Å². The van der Waals surface area contributed by atoms with Crippen molar-refractivity contribution in [2.24, 2.45) is 0 Å². The summed E-state index contributed by atoms with van der Waals surface area (Å²) in [5.74, 6) is -1.29. The van der Waals surface area contributed by atoms with Gasteiger partial charge in [0.05, 0.1) is 6.04 Å². The van der Waals surface area contributed by atoms with E-state index >= 15 is 0 Å². The summed E-state index contributed by atoms with van der Waals surface area (Å²) in [4.78, 5) is 35.5. The molecule has 0 unspecified atom stereocenters. The molecular formula is C13H23N3O5. The standard InChI is InChI=1S/C13H23N3O5/c1-13(2,3)21-12(20)15-5-4-9-11(19)16(7-6-14-9)8-10(17)18/h9,14H,4-8H2,1-3H3,(H,15,20)(H,17,18)/t9-/m0/s1. The quantitative estimate of drug-likeness (QED) is 0.648. The van der Waals surface area contributed by atoms with Crippen LogP contribution in [0.5, 0.6) is 0 Å². The van der Waals surface area contributed by atoms with Crippen molar-refractivity contribution < 1.29 is 24.2 Å². The van der Waals surface area contributed by atoms with E-state index in [1.165, 1.54) is 4.90 Å². The van der Waals surface area contributed by atoms with Crippen LogP contribution in [0.3, 0.4) is 0 Å². The monoisotopic (exact) mass is 301 g/mol. The average Bonchev–Trinajstić information content (AvgIpc) is 2.31. The molecule has 8 heteroatoms. The highest BCUT2D eigenvalue weighted by Gasteiger charge is 2.29. The van der Waals surface area contributed by atoms with Crippen LogP contribution < -0.4 is 10.6 Å². The van der Waals surface area contributed by atoms with Gasteiger partial charge in [0.2, 0.25) is 5.91 Å². The second-order valence-electron chi connectivity index (χ2n) is 5.88. The number of nitrogens with one attached hydrogen (secondary N) is 2. The summed E-state index contributed by atoms with van der Waals surface area (Å²) in [6, 6.07) is -0.479. The van der Waals surface area contributed by atoms with Crippen molar-refractivity contribution in [1.82, 2.24) is 15.5 Å². The number of hydrogen-bond acceptors (Lipinski definition) is 5. The Labute approximate surface area is 123 Å². The highest BCUT2D eigenvalue weighted by Crippen LogP contribution is 2.07. The lowest BCUT2D eigenvalue weighted by atomic mass is 10.1. The van der Waals surface area contributed by atoms with E-state index in [-0.39, 0.29) is 19.0 Å². The van der Waals surface area contributed by atoms with Crippen molar-refractivity contribution in [3.8, 4) is 0 Å². The predicted octanol–water partition coefficient (Wildman–Crippen LogP) is -0.214. The van der Waals surface area contributed by atoms with Gasteiger partial charge in [-0.1, -0.05) is 0 Å². The number of ether oxygens (including phenoxy) is 1. The zero-order valence-electron chi connectivity index (χ0n) is 12.6. The van der Waals surface area contributed by atoms with Crippen LogP contribution in [-0.2, 0) is 14.3 Å². The first-order valence-corrected chi connectivity index (χ1v) is 6.90. The van der Waals surface area contributed by atoms with Gasteiger partial charge in [0.15, 0.2) is 0 Å². The van der Waals surface area contributed by atoms with Crippen molar-refractivity contribution in [3.05, 3.63) is 0 Å². The first kappa shape index (κ1) is 17.2. The summed E-state index contributed by atoms with van der Waals surface area (Å²) in [5, 5.41) is 14.3. The van der Waals surface area contributed by atoms with Gasteiger partial charge in [-0.3, -0.25) is 9.59 Å². The Morgan fingerprint density at radius 3 is 2.71 bits per heavy atom. The van der Waals surface area contributed by atoms with E-state index in [9.17, 15) is 14.4 Å². The molecule has 1 atom stereocenters. The zero-order valence-corrected chi connectivity index (χ0v) is 12.6. The maximum absolute atomic E-state index is 12.0. The molecule has 0 spiro atoms. The van der Waals surface area contributed by atoms with Gasteiger partial charge in [-0.15, -0.1) is 0 Å². The van der Waals surface area contributed by atoms with Crippen molar-refractivity contribution in [3.63, 3.8) is 0 Å². The summed E-state index contributed by atoms with van der Waals surface area (Å²) < 4.78 is 5.08. The van der Waals surface area contributed by atoms with Crippen LogP contribution in [0.25, 0.3) is 0 Å². The number of aliphatic carboxylic acids is 1. The third-order valence-electron chi connectivity index (χ3n) is 2.81. The molecular weight excluding hydrogens is 278 g/mol. The Morgan fingerprint density at radius 1 is 1.48 bits per heavy atom. The summed E-state index contributed by atoms with van der Waals surface area (Å²) >= 11 is 0. The molecule has 3 N–H and O–H groups in total. The number of carbonyl (C=O) groups is 3. The number of piperazine rings is 1. The maximum atomic E-state index is 12.0. The lowest BCUT2D eigenvalue weighted by molar-refractivity contribution is -0.146. The van der Waals surface area contributed by atoms with Crippen molar-refractivity contribution in [2.75, 3.05) is 26.2 Å². The maximum Gasteiger partial charge on any atom is 0.407 e. The molecule has 0 saturated carbocycles. The van der Waals surface area contributed by atoms with E-state index in [4.69, 9.17) is 9.84 Å². The molecule has 21 heavy (non-hydrogen) atoms. The van der Waals surface area contributed by atoms with Gasteiger partial charge in [0.1, 0.15) is 12.1 Å². The number of alkyl carbamates (subject to hydrolysis) is 1. The molecule has 2 amide bonds. The fraction of sp³-hybridized carbons (Fsp3) is 0.769. The fourth-order valence-corrected chi connectivity index (χ4v) is 1.97. The van der Waals surface area contributed by atoms with Gasteiger partial charge >= 0.3 is 12.1 Å². The van der Waals surface area contributed by atoms with Crippen LogP contribution in [0, 0.1) is 0 Å². The van der Waals surface area contributed by atoms with Crippen LogP contribution in [0.1, 0.15) is 27.2 Å². The van der Waals surface area contributed by atoms with Crippen molar-refractivity contribution in [2.45, 2.75) is 38.8 Å². The highest BCUT2D eigenvalue weighted by molar-refractivity contribution is 5.86. The number of carboxylic acids is 1. The molecule has 1 heterocycles. The highest BCUT2D eigenvalue weighted by atomic mass is 16.6. The van der Waals surface area contributed by atoms with Crippen molar-refractivity contribution in [1.29, 1.82) is 0 Å². The Bertz CT molecular complexity index is 405. The lowest BCUT2D eigenvalue weighted by Gasteiger charge is -2.32. The first-order valence-electron chi connectivity index (χ1n) is 6.90. The Morgan fingerprint density at radius 2 is 2.14 bits per heavy atom. The minimum atomic E-state index is -1.03. The molecule has 0 bridgehead atoms. The van der Waals surface area contributed by atoms with E-state index in [0.29, 0.717) is 19.5 Å². The van der Waals surface area contributed by atoms with Crippen LogP contribution in [0.4, 0.5) is 4.79 Å². The molecule has 120 valence electrons. The molecule has 0 aliphatic carbocycles. The molecule has 1 aliphatic rings. The minimum Gasteiger partial charge on any atom is -0.480 e. The topological polar surface area (TPSA) is 108 Å². The Hall–Kier alpha value is -1.83. The largest absolute Gasteiger partial charge is 0.480 e. The van der Waals surface area contributed by atoms with Gasteiger partial charge in [0.25, 0.3) is 0 Å². The summed E-state index contributed by atoms with van der Waals surface area (Å²) in [6.45, 7) is 6.20. The molecule has 0 aromatic heterocycles.